The highest BCUT2D eigenvalue weighted by Crippen LogP contribution is 2.20. The first kappa shape index (κ1) is 9.54. The number of allylic oxidation sites excluding steroid dienone is 1. The van der Waals surface area contributed by atoms with E-state index in [-0.39, 0.29) is 7.43 Å². The van der Waals surface area contributed by atoms with Gasteiger partial charge in [-0.25, -0.2) is 0 Å². The highest BCUT2D eigenvalue weighted by molar-refractivity contribution is 5.00. The first-order valence-corrected chi connectivity index (χ1v) is 3.66. The molecular weight excluding hydrogens is 122 g/mol. The molecule has 0 aliphatic carbocycles. The van der Waals surface area contributed by atoms with Gasteiger partial charge in [-0.1, -0.05) is 14.0 Å². The third-order valence-corrected chi connectivity index (χ3v) is 1.89. The molecule has 1 aliphatic rings. The number of hydrogen-bond acceptors (Lipinski definition) is 1. The molecule has 0 aromatic rings. The van der Waals surface area contributed by atoms with Crippen LogP contribution >= 0.6 is 0 Å². The average molecular weight is 141 g/mol. The van der Waals surface area contributed by atoms with Gasteiger partial charge in [-0.15, -0.1) is 0 Å². The molecule has 0 N–H and O–H groups in total. The van der Waals surface area contributed by atoms with Crippen molar-refractivity contribution in [1.82, 2.24) is 4.90 Å². The second-order valence-electron chi connectivity index (χ2n) is 2.96. The van der Waals surface area contributed by atoms with Crippen LogP contribution in [0.25, 0.3) is 0 Å². The Bertz CT molecular complexity index is 116. The fourth-order valence-electron chi connectivity index (χ4n) is 1.38. The van der Waals surface area contributed by atoms with Crippen LogP contribution < -0.4 is 0 Å². The molecule has 0 radical (unpaired) electrons. The number of rotatable bonds is 1. The third kappa shape index (κ3) is 1.76. The molecule has 0 aromatic carbocycles. The van der Waals surface area contributed by atoms with Crippen LogP contribution in [0.15, 0.2) is 12.3 Å². The zero-order chi connectivity index (χ0) is 6.85. The molecule has 60 valence electrons. The molecule has 10 heavy (non-hydrogen) atoms. The minimum atomic E-state index is 0. The van der Waals surface area contributed by atoms with Crippen LogP contribution in [0.1, 0.15) is 34.1 Å². The van der Waals surface area contributed by atoms with Gasteiger partial charge < -0.3 is 4.90 Å². The van der Waals surface area contributed by atoms with E-state index in [1.807, 2.05) is 0 Å². The molecule has 0 aromatic heterocycles. The van der Waals surface area contributed by atoms with Gasteiger partial charge in [0.1, 0.15) is 0 Å². The molecular formula is C9H19N. The summed E-state index contributed by atoms with van der Waals surface area (Å²) < 4.78 is 0. The van der Waals surface area contributed by atoms with E-state index in [9.17, 15) is 0 Å². The second-order valence-corrected chi connectivity index (χ2v) is 2.96. The molecule has 0 atom stereocenters. The maximum Gasteiger partial charge on any atom is 0.0230 e. The van der Waals surface area contributed by atoms with Gasteiger partial charge in [0.25, 0.3) is 0 Å². The fourth-order valence-corrected chi connectivity index (χ4v) is 1.38. The van der Waals surface area contributed by atoms with E-state index >= 15 is 0 Å². The van der Waals surface area contributed by atoms with Gasteiger partial charge in [-0.3, -0.25) is 0 Å². The van der Waals surface area contributed by atoms with Gasteiger partial charge in [0, 0.05) is 18.3 Å². The summed E-state index contributed by atoms with van der Waals surface area (Å²) in [6.07, 6.45) is 2.51. The maximum absolute atomic E-state index is 3.98. The lowest BCUT2D eigenvalue weighted by molar-refractivity contribution is 0.325. The Kier molecular flexibility index (Phi) is 3.48. The summed E-state index contributed by atoms with van der Waals surface area (Å²) in [6, 6.07) is 0.653. The first-order valence-electron chi connectivity index (χ1n) is 3.66. The molecule has 1 heterocycles. The highest BCUT2D eigenvalue weighted by Gasteiger charge is 2.16. The predicted octanol–water partition coefficient (Wildman–Crippen LogP) is 2.64. The van der Waals surface area contributed by atoms with Crippen molar-refractivity contribution in [3.8, 4) is 0 Å². The number of likely N-dealkylation sites (tertiary alicyclic amines) is 1. The van der Waals surface area contributed by atoms with E-state index in [0.29, 0.717) is 6.04 Å². The van der Waals surface area contributed by atoms with Crippen molar-refractivity contribution >= 4 is 0 Å². The fraction of sp³-hybridized carbons (Fsp3) is 0.778. The average Bonchev–Trinajstić information content (AvgIpc) is 2.13. The zero-order valence-corrected chi connectivity index (χ0v) is 6.35. The van der Waals surface area contributed by atoms with Crippen molar-refractivity contribution in [3.05, 3.63) is 12.3 Å². The summed E-state index contributed by atoms with van der Waals surface area (Å²) in [7, 11) is 0. The van der Waals surface area contributed by atoms with E-state index in [0.717, 1.165) is 0 Å². The SMILES string of the molecule is C.C=C1CCCN1C(C)C. The van der Waals surface area contributed by atoms with Gasteiger partial charge in [0.15, 0.2) is 0 Å². The molecule has 0 bridgehead atoms. The van der Waals surface area contributed by atoms with Gasteiger partial charge in [0.05, 0.1) is 0 Å². The topological polar surface area (TPSA) is 3.24 Å². The van der Waals surface area contributed by atoms with E-state index in [1.54, 1.807) is 0 Å². The normalized spacial score (nSPS) is 17.9. The molecule has 0 spiro atoms. The van der Waals surface area contributed by atoms with E-state index in [1.165, 1.54) is 25.1 Å². The second kappa shape index (κ2) is 3.65. The molecule has 1 nitrogen and oxygen atoms in total. The van der Waals surface area contributed by atoms with Crippen LogP contribution in [0.2, 0.25) is 0 Å². The Morgan fingerprint density at radius 1 is 1.50 bits per heavy atom. The molecule has 0 saturated carbocycles. The van der Waals surface area contributed by atoms with Crippen molar-refractivity contribution in [2.45, 2.75) is 40.2 Å². The molecule has 0 unspecified atom stereocenters. The van der Waals surface area contributed by atoms with E-state index in [4.69, 9.17) is 0 Å². The Labute approximate surface area is 64.7 Å². The number of nitrogens with zero attached hydrogens (tertiary/aromatic N) is 1. The van der Waals surface area contributed by atoms with Crippen molar-refractivity contribution in [3.63, 3.8) is 0 Å². The zero-order valence-electron chi connectivity index (χ0n) is 6.35. The summed E-state index contributed by atoms with van der Waals surface area (Å²) in [5, 5.41) is 0. The Hall–Kier alpha value is -0.460. The number of hydrogen-bond donors (Lipinski definition) is 0. The maximum atomic E-state index is 3.98. The first-order chi connectivity index (χ1) is 4.22. The lowest BCUT2D eigenvalue weighted by Gasteiger charge is -2.23. The lowest BCUT2D eigenvalue weighted by atomic mass is 10.3. The van der Waals surface area contributed by atoms with Gasteiger partial charge in [-0.05, 0) is 26.7 Å². The Morgan fingerprint density at radius 3 is 2.30 bits per heavy atom. The highest BCUT2D eigenvalue weighted by atomic mass is 15.2. The minimum absolute atomic E-state index is 0. The van der Waals surface area contributed by atoms with Gasteiger partial charge >= 0.3 is 0 Å². The largest absolute Gasteiger partial charge is 0.373 e. The van der Waals surface area contributed by atoms with Crippen molar-refractivity contribution in [2.24, 2.45) is 0 Å². The molecule has 1 aliphatic heterocycles. The summed E-state index contributed by atoms with van der Waals surface area (Å²) in [4.78, 5) is 2.38. The van der Waals surface area contributed by atoms with Crippen molar-refractivity contribution in [2.75, 3.05) is 6.54 Å². The summed E-state index contributed by atoms with van der Waals surface area (Å²) in [6.45, 7) is 9.64. The third-order valence-electron chi connectivity index (χ3n) is 1.89. The van der Waals surface area contributed by atoms with Gasteiger partial charge in [-0.2, -0.15) is 0 Å². The van der Waals surface area contributed by atoms with Crippen LogP contribution in [0.4, 0.5) is 0 Å². The monoisotopic (exact) mass is 141 g/mol. The molecule has 1 heteroatoms. The Balaban J connectivity index is 0.000000810. The molecule has 1 rings (SSSR count). The van der Waals surface area contributed by atoms with Crippen LogP contribution in [0, 0.1) is 0 Å². The van der Waals surface area contributed by atoms with E-state index < -0.39 is 0 Å². The van der Waals surface area contributed by atoms with Crippen LogP contribution in [-0.4, -0.2) is 17.5 Å². The van der Waals surface area contributed by atoms with Crippen LogP contribution in [-0.2, 0) is 0 Å². The quantitative estimate of drug-likeness (QED) is 0.542. The standard InChI is InChI=1S/C8H15N.CH4/c1-7(2)9-6-4-5-8(9)3;/h7H,3-6H2,1-2H3;1H4. The summed E-state index contributed by atoms with van der Waals surface area (Å²) in [5.74, 6) is 0. The summed E-state index contributed by atoms with van der Waals surface area (Å²) in [5.41, 5.74) is 1.32. The minimum Gasteiger partial charge on any atom is -0.373 e. The smallest absolute Gasteiger partial charge is 0.0230 e. The molecule has 1 saturated heterocycles. The van der Waals surface area contributed by atoms with E-state index in [2.05, 4.69) is 25.3 Å². The Morgan fingerprint density at radius 2 is 2.10 bits per heavy atom. The summed E-state index contributed by atoms with van der Waals surface area (Å²) >= 11 is 0. The van der Waals surface area contributed by atoms with Crippen molar-refractivity contribution < 1.29 is 0 Å². The van der Waals surface area contributed by atoms with Crippen molar-refractivity contribution in [1.29, 1.82) is 0 Å². The molecule has 1 fully saturated rings. The molecule has 0 amide bonds. The van der Waals surface area contributed by atoms with Crippen LogP contribution in [0.5, 0.6) is 0 Å². The van der Waals surface area contributed by atoms with Crippen LogP contribution in [0.3, 0.4) is 0 Å². The lowest BCUT2D eigenvalue weighted by Crippen LogP contribution is -2.25. The van der Waals surface area contributed by atoms with Gasteiger partial charge in [0.2, 0.25) is 0 Å². The predicted molar refractivity (Wildman–Crippen MR) is 46.9 cm³/mol.